The first kappa shape index (κ1) is 12.2. The summed E-state index contributed by atoms with van der Waals surface area (Å²) in [6, 6.07) is 7.29. The van der Waals surface area contributed by atoms with Crippen molar-refractivity contribution in [2.75, 3.05) is 7.11 Å². The number of ether oxygens (including phenoxy) is 1. The second-order valence-corrected chi connectivity index (χ2v) is 4.31. The van der Waals surface area contributed by atoms with Crippen molar-refractivity contribution in [3.8, 4) is 5.75 Å². The maximum Gasteiger partial charge on any atom is 0.282 e. The van der Waals surface area contributed by atoms with Gasteiger partial charge in [0.15, 0.2) is 11.6 Å². The van der Waals surface area contributed by atoms with E-state index in [-0.39, 0.29) is 23.2 Å². The van der Waals surface area contributed by atoms with Crippen LogP contribution in [-0.4, -0.2) is 28.9 Å². The molecular weight excluding hydrogens is 256 g/mol. The molecule has 1 N–H and O–H groups in total. The minimum absolute atomic E-state index is 0.0148. The van der Waals surface area contributed by atoms with Gasteiger partial charge in [0.05, 0.1) is 7.11 Å². The third kappa shape index (κ3) is 1.99. The second kappa shape index (κ2) is 4.70. The van der Waals surface area contributed by atoms with Crippen LogP contribution in [0.25, 0.3) is 6.08 Å². The van der Waals surface area contributed by atoms with Gasteiger partial charge in [-0.1, -0.05) is 12.1 Å². The Morgan fingerprint density at radius 3 is 2.70 bits per heavy atom. The Morgan fingerprint density at radius 2 is 2.05 bits per heavy atom. The lowest BCUT2D eigenvalue weighted by Gasteiger charge is -2.14. The van der Waals surface area contributed by atoms with E-state index in [4.69, 9.17) is 4.74 Å². The zero-order valence-corrected chi connectivity index (χ0v) is 10.8. The number of hydrogen-bond acceptors (Lipinski definition) is 4. The summed E-state index contributed by atoms with van der Waals surface area (Å²) < 4.78 is 5.08. The topological polar surface area (TPSA) is 62.1 Å². The molecular formula is C15H12N2O3. The van der Waals surface area contributed by atoms with E-state index in [9.17, 15) is 9.90 Å². The van der Waals surface area contributed by atoms with Crippen LogP contribution in [0.1, 0.15) is 5.56 Å². The molecule has 0 radical (unpaired) electrons. The molecule has 5 heteroatoms. The maximum atomic E-state index is 12.1. The van der Waals surface area contributed by atoms with E-state index in [0.717, 1.165) is 11.3 Å². The highest BCUT2D eigenvalue weighted by Gasteiger charge is 2.31. The molecule has 2 aliphatic heterocycles. The molecule has 0 bridgehead atoms. The van der Waals surface area contributed by atoms with Gasteiger partial charge < -0.3 is 9.84 Å². The monoisotopic (exact) mass is 268 g/mol. The molecule has 1 amide bonds. The number of amidine groups is 1. The number of methoxy groups -OCH3 is 1. The number of aliphatic hydroxyl groups is 1. The van der Waals surface area contributed by atoms with Gasteiger partial charge in [-0.3, -0.25) is 9.69 Å². The number of amides is 1. The summed E-state index contributed by atoms with van der Waals surface area (Å²) in [5.74, 6) is 0.736. The smallest absolute Gasteiger partial charge is 0.282 e. The van der Waals surface area contributed by atoms with Gasteiger partial charge in [0.1, 0.15) is 11.4 Å². The molecule has 2 aliphatic rings. The largest absolute Gasteiger partial charge is 0.504 e. The fraction of sp³-hybridized carbons (Fsp3) is 0.0667. The number of fused-ring (bicyclic) bond motifs is 1. The number of benzene rings is 1. The standard InChI is InChI=1S/C15H12N2O3/c1-20-11-6-4-10(5-7-11)9-12-15(19)17-8-2-3-13(18)14(17)16-12/h2-9,18H,1H3/b12-9-. The highest BCUT2D eigenvalue weighted by Crippen LogP contribution is 2.24. The van der Waals surface area contributed by atoms with Gasteiger partial charge in [-0.05, 0) is 35.9 Å². The molecule has 3 rings (SSSR count). The summed E-state index contributed by atoms with van der Waals surface area (Å²) in [7, 11) is 1.60. The molecule has 20 heavy (non-hydrogen) atoms. The normalized spacial score (nSPS) is 18.9. The van der Waals surface area contributed by atoms with Gasteiger partial charge >= 0.3 is 0 Å². The van der Waals surface area contributed by atoms with Gasteiger partial charge in [-0.2, -0.15) is 0 Å². The first-order chi connectivity index (χ1) is 9.69. The number of hydrogen-bond donors (Lipinski definition) is 1. The van der Waals surface area contributed by atoms with Gasteiger partial charge in [0, 0.05) is 6.20 Å². The van der Waals surface area contributed by atoms with E-state index < -0.39 is 0 Å². The molecule has 5 nitrogen and oxygen atoms in total. The quantitative estimate of drug-likeness (QED) is 0.837. The van der Waals surface area contributed by atoms with Gasteiger partial charge in [0.2, 0.25) is 0 Å². The van der Waals surface area contributed by atoms with Crippen molar-refractivity contribution in [2.24, 2.45) is 4.99 Å². The first-order valence-electron chi connectivity index (χ1n) is 6.05. The number of nitrogens with zero attached hydrogens (tertiary/aromatic N) is 2. The lowest BCUT2D eigenvalue weighted by molar-refractivity contribution is -0.121. The summed E-state index contributed by atoms with van der Waals surface area (Å²) in [5.41, 5.74) is 1.13. The Morgan fingerprint density at radius 1 is 1.30 bits per heavy atom. The SMILES string of the molecule is COc1ccc(/C=C2\N=C3C(O)=CC=CN3C2=O)cc1. The number of aliphatic hydroxyl groups excluding tert-OH is 1. The van der Waals surface area contributed by atoms with Crippen molar-refractivity contribution < 1.29 is 14.6 Å². The molecule has 0 fully saturated rings. The van der Waals surface area contributed by atoms with Crippen molar-refractivity contribution in [3.63, 3.8) is 0 Å². The van der Waals surface area contributed by atoms with E-state index in [1.807, 2.05) is 24.3 Å². The molecule has 0 atom stereocenters. The van der Waals surface area contributed by atoms with Crippen LogP contribution < -0.4 is 4.74 Å². The summed E-state index contributed by atoms with van der Waals surface area (Å²) in [6.45, 7) is 0. The number of carbonyl (C=O) groups excluding carboxylic acids is 1. The fourth-order valence-corrected chi connectivity index (χ4v) is 2.00. The zero-order chi connectivity index (χ0) is 14.1. The fourth-order valence-electron chi connectivity index (χ4n) is 2.00. The lowest BCUT2D eigenvalue weighted by Crippen LogP contribution is -2.29. The summed E-state index contributed by atoms with van der Waals surface area (Å²) in [4.78, 5) is 17.6. The van der Waals surface area contributed by atoms with Crippen LogP contribution in [0.5, 0.6) is 5.75 Å². The Balaban J connectivity index is 1.94. The molecule has 0 spiro atoms. The molecule has 0 aliphatic carbocycles. The molecule has 0 aromatic heterocycles. The average molecular weight is 268 g/mol. The van der Waals surface area contributed by atoms with Crippen molar-refractivity contribution >= 4 is 17.8 Å². The third-order valence-electron chi connectivity index (χ3n) is 3.03. The van der Waals surface area contributed by atoms with Gasteiger partial charge in [0.25, 0.3) is 5.91 Å². The highest BCUT2D eigenvalue weighted by atomic mass is 16.5. The van der Waals surface area contributed by atoms with Crippen molar-refractivity contribution in [1.29, 1.82) is 0 Å². The Hall–Kier alpha value is -2.82. The van der Waals surface area contributed by atoms with Crippen LogP contribution in [0.15, 0.2) is 59.1 Å². The summed E-state index contributed by atoms with van der Waals surface area (Å²) >= 11 is 0. The highest BCUT2D eigenvalue weighted by molar-refractivity contribution is 6.20. The van der Waals surface area contributed by atoms with E-state index in [0.29, 0.717) is 0 Å². The maximum absolute atomic E-state index is 12.1. The predicted octanol–water partition coefficient (Wildman–Crippen LogP) is 2.25. The third-order valence-corrected chi connectivity index (χ3v) is 3.03. The number of allylic oxidation sites excluding steroid dienone is 2. The molecule has 2 heterocycles. The van der Waals surface area contributed by atoms with E-state index in [1.165, 1.54) is 11.0 Å². The number of rotatable bonds is 2. The van der Waals surface area contributed by atoms with Crippen LogP contribution in [0.3, 0.4) is 0 Å². The lowest BCUT2D eigenvalue weighted by atomic mass is 10.2. The number of aliphatic imine (C=N–C) groups is 1. The van der Waals surface area contributed by atoms with Crippen LogP contribution in [0.2, 0.25) is 0 Å². The molecule has 1 aromatic carbocycles. The minimum Gasteiger partial charge on any atom is -0.504 e. The van der Waals surface area contributed by atoms with Crippen molar-refractivity contribution in [3.05, 3.63) is 59.6 Å². The number of carbonyl (C=O) groups is 1. The first-order valence-corrected chi connectivity index (χ1v) is 6.05. The van der Waals surface area contributed by atoms with Gasteiger partial charge in [-0.15, -0.1) is 0 Å². The predicted molar refractivity (Wildman–Crippen MR) is 75.1 cm³/mol. The van der Waals surface area contributed by atoms with Crippen molar-refractivity contribution in [1.82, 2.24) is 4.90 Å². The van der Waals surface area contributed by atoms with Crippen LogP contribution in [0.4, 0.5) is 0 Å². The Kier molecular flexibility index (Phi) is 2.87. The molecule has 0 saturated heterocycles. The van der Waals surface area contributed by atoms with E-state index >= 15 is 0 Å². The molecule has 0 saturated carbocycles. The van der Waals surface area contributed by atoms with Crippen LogP contribution in [-0.2, 0) is 4.79 Å². The van der Waals surface area contributed by atoms with E-state index in [1.54, 1.807) is 25.5 Å². The molecule has 100 valence electrons. The Bertz CT molecular complexity index is 682. The average Bonchev–Trinajstić information content (AvgIpc) is 2.79. The zero-order valence-electron chi connectivity index (χ0n) is 10.8. The van der Waals surface area contributed by atoms with Gasteiger partial charge in [-0.25, -0.2) is 4.99 Å². The van der Waals surface area contributed by atoms with Crippen LogP contribution >= 0.6 is 0 Å². The minimum atomic E-state index is -0.258. The molecule has 0 unspecified atom stereocenters. The Labute approximate surface area is 115 Å². The van der Waals surface area contributed by atoms with Crippen LogP contribution in [0, 0.1) is 0 Å². The van der Waals surface area contributed by atoms with E-state index in [2.05, 4.69) is 4.99 Å². The second-order valence-electron chi connectivity index (χ2n) is 4.31. The van der Waals surface area contributed by atoms with Crippen molar-refractivity contribution in [2.45, 2.75) is 0 Å². The molecule has 1 aromatic rings. The summed E-state index contributed by atoms with van der Waals surface area (Å²) in [6.07, 6.45) is 6.35. The summed E-state index contributed by atoms with van der Waals surface area (Å²) in [5, 5.41) is 9.69.